The van der Waals surface area contributed by atoms with Crippen LogP contribution in [0, 0.1) is 10.1 Å². The number of rotatable bonds is 3. The molecule has 0 fully saturated rings. The van der Waals surface area contributed by atoms with Crippen molar-refractivity contribution in [2.75, 3.05) is 0 Å². The Labute approximate surface area is 117 Å². The number of fused-ring (bicyclic) bond motifs is 1. The molecule has 3 aromatic rings. The van der Waals surface area contributed by atoms with E-state index in [1.54, 1.807) is 24.3 Å². The number of hydrogen-bond donors (Lipinski definition) is 1. The maximum Gasteiger partial charge on any atom is 0.336 e. The first-order valence-electron chi connectivity index (χ1n) is 5.89. The Morgan fingerprint density at radius 3 is 2.76 bits per heavy atom. The van der Waals surface area contributed by atoms with Gasteiger partial charge in [0.05, 0.1) is 16.0 Å². The normalized spacial score (nSPS) is 10.7. The number of carboxylic acid groups (broad SMARTS) is 1. The lowest BCUT2D eigenvalue weighted by Gasteiger charge is -2.04. The van der Waals surface area contributed by atoms with Crippen LogP contribution in [-0.2, 0) is 0 Å². The number of carboxylic acids is 1. The molecule has 0 aliphatic heterocycles. The van der Waals surface area contributed by atoms with E-state index >= 15 is 0 Å². The molecule has 8 nitrogen and oxygen atoms in total. The van der Waals surface area contributed by atoms with Crippen LogP contribution in [0.1, 0.15) is 10.4 Å². The molecule has 0 spiro atoms. The second kappa shape index (κ2) is 4.67. The Balaban J connectivity index is 2.13. The standard InChI is InChI=1S/C13H8N4O4/c18-13(19)10-2-1-3-11-9(10)4-5-12(15-11)16-7-8(6-14-16)17(20)21/h1-7H,(H,18,19). The number of benzene rings is 1. The number of pyridine rings is 1. The average molecular weight is 284 g/mol. The van der Waals surface area contributed by atoms with Gasteiger partial charge in [-0.3, -0.25) is 10.1 Å². The van der Waals surface area contributed by atoms with Gasteiger partial charge in [-0.25, -0.2) is 14.5 Å². The van der Waals surface area contributed by atoms with Crippen molar-refractivity contribution in [1.82, 2.24) is 14.8 Å². The number of nitro groups is 1. The molecule has 0 bridgehead atoms. The van der Waals surface area contributed by atoms with Crippen LogP contribution in [0.3, 0.4) is 0 Å². The zero-order valence-electron chi connectivity index (χ0n) is 10.5. The quantitative estimate of drug-likeness (QED) is 0.581. The summed E-state index contributed by atoms with van der Waals surface area (Å²) in [7, 11) is 0. The minimum atomic E-state index is -1.04. The van der Waals surface area contributed by atoms with E-state index in [1.807, 2.05) is 0 Å². The lowest BCUT2D eigenvalue weighted by molar-refractivity contribution is -0.384. The van der Waals surface area contributed by atoms with Gasteiger partial charge in [0.2, 0.25) is 0 Å². The summed E-state index contributed by atoms with van der Waals surface area (Å²) < 4.78 is 1.27. The molecule has 0 radical (unpaired) electrons. The predicted octanol–water partition coefficient (Wildman–Crippen LogP) is 2.03. The molecule has 0 saturated heterocycles. The van der Waals surface area contributed by atoms with Crippen LogP contribution >= 0.6 is 0 Å². The first-order valence-corrected chi connectivity index (χ1v) is 5.89. The van der Waals surface area contributed by atoms with E-state index in [9.17, 15) is 14.9 Å². The van der Waals surface area contributed by atoms with Crippen molar-refractivity contribution >= 4 is 22.6 Å². The van der Waals surface area contributed by atoms with Gasteiger partial charge in [0.25, 0.3) is 0 Å². The first-order chi connectivity index (χ1) is 10.1. The highest BCUT2D eigenvalue weighted by Crippen LogP contribution is 2.20. The van der Waals surface area contributed by atoms with E-state index in [2.05, 4.69) is 10.1 Å². The summed E-state index contributed by atoms with van der Waals surface area (Å²) in [5.74, 6) is -0.664. The molecule has 0 aliphatic rings. The first kappa shape index (κ1) is 12.7. The van der Waals surface area contributed by atoms with E-state index in [1.165, 1.54) is 16.9 Å². The predicted molar refractivity (Wildman–Crippen MR) is 72.5 cm³/mol. The van der Waals surface area contributed by atoms with Crippen LogP contribution in [0.15, 0.2) is 42.7 Å². The molecule has 0 atom stereocenters. The number of carbonyl (C=O) groups is 1. The van der Waals surface area contributed by atoms with Crippen molar-refractivity contribution < 1.29 is 14.8 Å². The Morgan fingerprint density at radius 1 is 1.29 bits per heavy atom. The topological polar surface area (TPSA) is 111 Å². The molecule has 8 heteroatoms. The Hall–Kier alpha value is -3.29. The van der Waals surface area contributed by atoms with Crippen LogP contribution in [0.4, 0.5) is 5.69 Å². The highest BCUT2D eigenvalue weighted by atomic mass is 16.6. The summed E-state index contributed by atoms with van der Waals surface area (Å²) in [6, 6.07) is 7.92. The lowest BCUT2D eigenvalue weighted by Crippen LogP contribution is -2.01. The number of aromatic nitrogens is 3. The van der Waals surface area contributed by atoms with Gasteiger partial charge in [0, 0.05) is 5.39 Å². The summed E-state index contributed by atoms with van der Waals surface area (Å²) in [4.78, 5) is 25.5. The molecule has 104 valence electrons. The molecule has 3 rings (SSSR count). The third-order valence-electron chi connectivity index (χ3n) is 2.96. The van der Waals surface area contributed by atoms with Gasteiger partial charge >= 0.3 is 11.7 Å². The van der Waals surface area contributed by atoms with E-state index < -0.39 is 10.9 Å². The van der Waals surface area contributed by atoms with Crippen LogP contribution in [0.5, 0.6) is 0 Å². The zero-order chi connectivity index (χ0) is 15.0. The zero-order valence-corrected chi connectivity index (χ0v) is 10.5. The SMILES string of the molecule is O=C(O)c1cccc2nc(-n3cc([N+](=O)[O-])cn3)ccc12. The molecule has 1 N–H and O–H groups in total. The highest BCUT2D eigenvalue weighted by Gasteiger charge is 2.13. The Bertz CT molecular complexity index is 871. The van der Waals surface area contributed by atoms with Crippen LogP contribution in [0.2, 0.25) is 0 Å². The van der Waals surface area contributed by atoms with Gasteiger partial charge in [-0.2, -0.15) is 5.10 Å². The van der Waals surface area contributed by atoms with Crippen molar-refractivity contribution in [3.05, 3.63) is 58.4 Å². The fraction of sp³-hybridized carbons (Fsp3) is 0. The van der Waals surface area contributed by atoms with Gasteiger partial charge in [0.15, 0.2) is 5.82 Å². The smallest absolute Gasteiger partial charge is 0.336 e. The molecule has 0 aliphatic carbocycles. The molecular weight excluding hydrogens is 276 g/mol. The Kier molecular flexibility index (Phi) is 2.83. The Morgan fingerprint density at radius 2 is 2.10 bits per heavy atom. The maximum absolute atomic E-state index is 11.1. The molecule has 2 aromatic heterocycles. The lowest BCUT2D eigenvalue weighted by atomic mass is 10.1. The number of nitrogens with zero attached hydrogens (tertiary/aromatic N) is 4. The van der Waals surface area contributed by atoms with Crippen molar-refractivity contribution in [1.29, 1.82) is 0 Å². The molecule has 2 heterocycles. The summed E-state index contributed by atoms with van der Waals surface area (Å²) in [5, 5.41) is 24.1. The van der Waals surface area contributed by atoms with Gasteiger partial charge in [-0.1, -0.05) is 6.07 Å². The minimum absolute atomic E-state index is 0.142. The summed E-state index contributed by atoms with van der Waals surface area (Å²) in [6.45, 7) is 0. The fourth-order valence-electron chi connectivity index (χ4n) is 1.99. The summed E-state index contributed by atoms with van der Waals surface area (Å²) in [6.07, 6.45) is 2.37. The van der Waals surface area contributed by atoms with Crippen molar-refractivity contribution in [2.24, 2.45) is 0 Å². The third kappa shape index (κ3) is 2.18. The molecule has 0 unspecified atom stereocenters. The third-order valence-corrected chi connectivity index (χ3v) is 2.96. The van der Waals surface area contributed by atoms with E-state index in [-0.39, 0.29) is 11.3 Å². The maximum atomic E-state index is 11.1. The van der Waals surface area contributed by atoms with Gasteiger partial charge in [0.1, 0.15) is 12.4 Å². The van der Waals surface area contributed by atoms with E-state index in [0.717, 1.165) is 6.20 Å². The second-order valence-corrected chi connectivity index (χ2v) is 4.25. The fourth-order valence-corrected chi connectivity index (χ4v) is 1.99. The van der Waals surface area contributed by atoms with Crippen LogP contribution in [0.25, 0.3) is 16.7 Å². The van der Waals surface area contributed by atoms with Crippen LogP contribution < -0.4 is 0 Å². The largest absolute Gasteiger partial charge is 0.478 e. The molecule has 1 aromatic carbocycles. The van der Waals surface area contributed by atoms with Crippen molar-refractivity contribution in [2.45, 2.75) is 0 Å². The second-order valence-electron chi connectivity index (χ2n) is 4.25. The van der Waals surface area contributed by atoms with Crippen molar-refractivity contribution in [3.63, 3.8) is 0 Å². The average Bonchev–Trinajstić information content (AvgIpc) is 2.96. The van der Waals surface area contributed by atoms with E-state index in [4.69, 9.17) is 5.11 Å². The summed E-state index contributed by atoms with van der Waals surface area (Å²) >= 11 is 0. The van der Waals surface area contributed by atoms with Gasteiger partial charge < -0.3 is 5.11 Å². The molecule has 21 heavy (non-hydrogen) atoms. The number of aromatic carboxylic acids is 1. The summed E-state index contributed by atoms with van der Waals surface area (Å²) in [5.41, 5.74) is 0.486. The minimum Gasteiger partial charge on any atom is -0.478 e. The highest BCUT2D eigenvalue weighted by molar-refractivity contribution is 6.02. The van der Waals surface area contributed by atoms with Gasteiger partial charge in [-0.15, -0.1) is 0 Å². The molecular formula is C13H8N4O4. The molecule has 0 amide bonds. The number of hydrogen-bond acceptors (Lipinski definition) is 5. The van der Waals surface area contributed by atoms with Crippen LogP contribution in [-0.4, -0.2) is 30.8 Å². The molecule has 0 saturated carbocycles. The van der Waals surface area contributed by atoms with Crippen molar-refractivity contribution in [3.8, 4) is 5.82 Å². The van der Waals surface area contributed by atoms with Gasteiger partial charge in [-0.05, 0) is 24.3 Å². The monoisotopic (exact) mass is 284 g/mol. The van der Waals surface area contributed by atoms with E-state index in [0.29, 0.717) is 16.7 Å².